The average molecular weight is 423 g/mol. The van der Waals surface area contributed by atoms with Gasteiger partial charge in [0, 0.05) is 11.7 Å². The van der Waals surface area contributed by atoms with Gasteiger partial charge in [-0.2, -0.15) is 0 Å². The summed E-state index contributed by atoms with van der Waals surface area (Å²) >= 11 is 1.63. The molecule has 1 unspecified atom stereocenters. The highest BCUT2D eigenvalue weighted by Gasteiger charge is 2.42. The molecule has 1 N–H and O–H groups in total. The molecular weight excluding hydrogens is 392 g/mol. The Labute approximate surface area is 183 Å². The molecule has 4 nitrogen and oxygen atoms in total. The fourth-order valence-corrected chi connectivity index (χ4v) is 5.65. The molecule has 30 heavy (non-hydrogen) atoms. The summed E-state index contributed by atoms with van der Waals surface area (Å²) < 4.78 is 5.32. The van der Waals surface area contributed by atoms with Crippen molar-refractivity contribution < 1.29 is 9.53 Å². The monoisotopic (exact) mass is 422 g/mol. The standard InChI is InChI=1S/C25H30N2O2S/c1-17-9-7-8-12-22(17)27-24(28)23(16-19-13-14-21(29-3)15-18(19)2)30-25(27)26-20-10-5-4-6-11-20/h4-6,10-11,13-17,22,25-26H,7-9,12H2,1-3H3/b23-16-/t17-,22-,25?/m0/s1. The molecule has 2 aliphatic rings. The first-order valence-corrected chi connectivity index (χ1v) is 11.6. The predicted molar refractivity (Wildman–Crippen MR) is 125 cm³/mol. The molecule has 3 atom stereocenters. The molecule has 158 valence electrons. The third-order valence-electron chi connectivity index (χ3n) is 6.19. The van der Waals surface area contributed by atoms with Gasteiger partial charge in [0.25, 0.3) is 5.91 Å². The van der Waals surface area contributed by atoms with E-state index in [1.54, 1.807) is 18.9 Å². The molecule has 1 saturated heterocycles. The van der Waals surface area contributed by atoms with Crippen molar-refractivity contribution in [3.8, 4) is 5.75 Å². The van der Waals surface area contributed by atoms with E-state index in [0.717, 1.165) is 33.9 Å². The van der Waals surface area contributed by atoms with E-state index in [0.29, 0.717) is 5.92 Å². The number of hydrogen-bond acceptors (Lipinski definition) is 4. The van der Waals surface area contributed by atoms with Crippen molar-refractivity contribution in [1.82, 2.24) is 4.90 Å². The van der Waals surface area contributed by atoms with Gasteiger partial charge in [-0.25, -0.2) is 0 Å². The third-order valence-corrected chi connectivity index (χ3v) is 7.30. The van der Waals surface area contributed by atoms with Crippen molar-refractivity contribution in [3.63, 3.8) is 0 Å². The summed E-state index contributed by atoms with van der Waals surface area (Å²) in [4.78, 5) is 16.5. The van der Waals surface area contributed by atoms with Crippen LogP contribution in [0.2, 0.25) is 0 Å². The number of nitrogens with zero attached hydrogens (tertiary/aromatic N) is 1. The number of carbonyl (C=O) groups is 1. The third kappa shape index (κ3) is 4.36. The number of anilines is 1. The molecule has 0 radical (unpaired) electrons. The van der Waals surface area contributed by atoms with Crippen LogP contribution in [0.4, 0.5) is 5.69 Å². The maximum absolute atomic E-state index is 13.6. The van der Waals surface area contributed by atoms with Crippen LogP contribution in [0.15, 0.2) is 53.4 Å². The smallest absolute Gasteiger partial charge is 0.262 e. The second kappa shape index (κ2) is 9.17. The highest BCUT2D eigenvalue weighted by atomic mass is 32.2. The van der Waals surface area contributed by atoms with Gasteiger partial charge in [0.2, 0.25) is 0 Å². The van der Waals surface area contributed by atoms with Gasteiger partial charge in [-0.3, -0.25) is 4.79 Å². The summed E-state index contributed by atoms with van der Waals surface area (Å²) in [5.74, 6) is 1.49. The maximum atomic E-state index is 13.6. The molecule has 5 heteroatoms. The minimum Gasteiger partial charge on any atom is -0.497 e. The number of benzene rings is 2. The Morgan fingerprint density at radius 1 is 1.13 bits per heavy atom. The number of carbonyl (C=O) groups excluding carboxylic acids is 1. The van der Waals surface area contributed by atoms with Crippen LogP contribution in [0, 0.1) is 12.8 Å². The van der Waals surface area contributed by atoms with Crippen molar-refractivity contribution in [1.29, 1.82) is 0 Å². The minimum atomic E-state index is -0.0877. The van der Waals surface area contributed by atoms with Crippen molar-refractivity contribution in [2.24, 2.45) is 5.92 Å². The Balaban J connectivity index is 1.65. The highest BCUT2D eigenvalue weighted by Crippen LogP contribution is 2.42. The molecular formula is C25H30N2O2S. The lowest BCUT2D eigenvalue weighted by Crippen LogP contribution is -2.48. The fourth-order valence-electron chi connectivity index (χ4n) is 4.45. The SMILES string of the molecule is COc1ccc(/C=C2\SC(Nc3ccccc3)N([C@H]3CCCC[C@@H]3C)C2=O)c(C)c1. The van der Waals surface area contributed by atoms with Crippen LogP contribution in [0.5, 0.6) is 5.75 Å². The summed E-state index contributed by atoms with van der Waals surface area (Å²) in [5, 5.41) is 3.60. The Morgan fingerprint density at radius 2 is 1.90 bits per heavy atom. The molecule has 0 spiro atoms. The van der Waals surface area contributed by atoms with E-state index in [9.17, 15) is 4.79 Å². The molecule has 0 aromatic heterocycles. The van der Waals surface area contributed by atoms with Gasteiger partial charge in [0.15, 0.2) is 5.50 Å². The summed E-state index contributed by atoms with van der Waals surface area (Å²) in [7, 11) is 1.67. The number of para-hydroxylation sites is 1. The van der Waals surface area contributed by atoms with E-state index >= 15 is 0 Å². The second-order valence-electron chi connectivity index (χ2n) is 8.25. The van der Waals surface area contributed by atoms with E-state index in [1.165, 1.54) is 19.3 Å². The van der Waals surface area contributed by atoms with Gasteiger partial charge in [0.1, 0.15) is 5.75 Å². The summed E-state index contributed by atoms with van der Waals surface area (Å²) in [6, 6.07) is 16.4. The first-order chi connectivity index (χ1) is 14.6. The number of ether oxygens (including phenoxy) is 1. The molecule has 2 aromatic rings. The lowest BCUT2D eigenvalue weighted by Gasteiger charge is -2.39. The topological polar surface area (TPSA) is 41.6 Å². The first-order valence-electron chi connectivity index (χ1n) is 10.7. The molecule has 1 amide bonds. The lowest BCUT2D eigenvalue weighted by atomic mass is 9.85. The Kier molecular flexibility index (Phi) is 6.38. The number of methoxy groups -OCH3 is 1. The summed E-state index contributed by atoms with van der Waals surface area (Å²) in [5.41, 5.74) is 3.12. The molecule has 1 heterocycles. The van der Waals surface area contributed by atoms with Gasteiger partial charge < -0.3 is 15.0 Å². The number of hydrogen-bond donors (Lipinski definition) is 1. The van der Waals surface area contributed by atoms with Crippen LogP contribution in [0.1, 0.15) is 43.7 Å². The van der Waals surface area contributed by atoms with Crippen molar-refractivity contribution in [2.45, 2.75) is 51.1 Å². The largest absolute Gasteiger partial charge is 0.497 e. The zero-order valence-electron chi connectivity index (χ0n) is 17.9. The van der Waals surface area contributed by atoms with Crippen molar-refractivity contribution >= 4 is 29.4 Å². The maximum Gasteiger partial charge on any atom is 0.262 e. The number of nitrogens with one attached hydrogen (secondary N) is 1. The Hall–Kier alpha value is -2.40. The van der Waals surface area contributed by atoms with E-state index in [1.807, 2.05) is 42.5 Å². The van der Waals surface area contributed by atoms with Gasteiger partial charge in [0.05, 0.1) is 12.0 Å². The van der Waals surface area contributed by atoms with Gasteiger partial charge >= 0.3 is 0 Å². The van der Waals surface area contributed by atoms with Crippen LogP contribution in [-0.4, -0.2) is 29.5 Å². The Bertz CT molecular complexity index is 928. The zero-order chi connectivity index (χ0) is 21.1. The summed E-state index contributed by atoms with van der Waals surface area (Å²) in [6.07, 6.45) is 6.76. The van der Waals surface area contributed by atoms with Crippen LogP contribution in [0.3, 0.4) is 0 Å². The Morgan fingerprint density at radius 3 is 2.60 bits per heavy atom. The molecule has 1 aliphatic carbocycles. The molecule has 2 fully saturated rings. The molecule has 1 aliphatic heterocycles. The normalized spacial score (nSPS) is 25.6. The van der Waals surface area contributed by atoms with E-state index in [4.69, 9.17) is 4.74 Å². The van der Waals surface area contributed by atoms with Gasteiger partial charge in [-0.15, -0.1) is 0 Å². The van der Waals surface area contributed by atoms with E-state index in [2.05, 4.69) is 36.2 Å². The molecule has 2 aromatic carbocycles. The zero-order valence-corrected chi connectivity index (χ0v) is 18.7. The highest BCUT2D eigenvalue weighted by molar-refractivity contribution is 8.05. The molecule has 0 bridgehead atoms. The quantitative estimate of drug-likeness (QED) is 0.610. The minimum absolute atomic E-state index is 0.0877. The number of amides is 1. The van der Waals surface area contributed by atoms with Crippen molar-refractivity contribution in [2.75, 3.05) is 12.4 Å². The van der Waals surface area contributed by atoms with Crippen LogP contribution in [-0.2, 0) is 4.79 Å². The number of aryl methyl sites for hydroxylation is 1. The average Bonchev–Trinajstić information content (AvgIpc) is 3.05. The first kappa shape index (κ1) is 20.9. The van der Waals surface area contributed by atoms with Crippen LogP contribution >= 0.6 is 11.8 Å². The van der Waals surface area contributed by atoms with Gasteiger partial charge in [-0.05, 0) is 67.2 Å². The van der Waals surface area contributed by atoms with E-state index in [-0.39, 0.29) is 17.4 Å². The molecule has 4 rings (SSSR count). The second-order valence-corrected chi connectivity index (χ2v) is 9.38. The van der Waals surface area contributed by atoms with Crippen LogP contribution in [0.25, 0.3) is 6.08 Å². The summed E-state index contributed by atoms with van der Waals surface area (Å²) in [6.45, 7) is 4.34. The predicted octanol–water partition coefficient (Wildman–Crippen LogP) is 5.89. The fraction of sp³-hybridized carbons (Fsp3) is 0.400. The van der Waals surface area contributed by atoms with Crippen LogP contribution < -0.4 is 10.1 Å². The van der Waals surface area contributed by atoms with E-state index < -0.39 is 0 Å². The van der Waals surface area contributed by atoms with Crippen molar-refractivity contribution in [3.05, 3.63) is 64.6 Å². The lowest BCUT2D eigenvalue weighted by molar-refractivity contribution is -0.129. The molecule has 1 saturated carbocycles. The number of thioether (sulfide) groups is 1. The number of rotatable bonds is 5. The van der Waals surface area contributed by atoms with Gasteiger partial charge in [-0.1, -0.05) is 55.8 Å².